The van der Waals surface area contributed by atoms with Gasteiger partial charge in [0.25, 0.3) is 5.91 Å². The van der Waals surface area contributed by atoms with E-state index < -0.39 is 10.0 Å². The van der Waals surface area contributed by atoms with Crippen LogP contribution in [-0.4, -0.2) is 33.3 Å². The summed E-state index contributed by atoms with van der Waals surface area (Å²) in [5, 5.41) is 10.7. The smallest absolute Gasteiger partial charge is 0.280 e. The minimum absolute atomic E-state index is 0.0398. The molecule has 10 heteroatoms. The Kier molecular flexibility index (Phi) is 6.83. The van der Waals surface area contributed by atoms with Crippen molar-refractivity contribution in [3.63, 3.8) is 0 Å². The highest BCUT2D eigenvalue weighted by Crippen LogP contribution is 2.38. The van der Waals surface area contributed by atoms with Gasteiger partial charge in [0.15, 0.2) is 11.5 Å². The fourth-order valence-electron chi connectivity index (χ4n) is 3.02. The van der Waals surface area contributed by atoms with Crippen LogP contribution < -0.4 is 19.6 Å². The molecule has 2 aromatic rings. The molecule has 0 fully saturated rings. The lowest BCUT2D eigenvalue weighted by molar-refractivity contribution is -0.114. The van der Waals surface area contributed by atoms with Crippen LogP contribution in [0.25, 0.3) is 6.08 Å². The Morgan fingerprint density at radius 3 is 2.35 bits per heavy atom. The van der Waals surface area contributed by atoms with E-state index >= 15 is 0 Å². The van der Waals surface area contributed by atoms with Crippen molar-refractivity contribution in [3.05, 3.63) is 52.0 Å². The largest absolute Gasteiger partial charge is 0.490 e. The summed E-state index contributed by atoms with van der Waals surface area (Å²) in [7, 11) is -3.82. The normalized spacial score (nSPS) is 15.4. The first-order valence-electron chi connectivity index (χ1n) is 9.49. The molecule has 0 spiro atoms. The van der Waals surface area contributed by atoms with Gasteiger partial charge in [-0.1, -0.05) is 0 Å². The van der Waals surface area contributed by atoms with Gasteiger partial charge < -0.3 is 9.47 Å². The third-order valence-electron chi connectivity index (χ3n) is 4.40. The van der Waals surface area contributed by atoms with Gasteiger partial charge >= 0.3 is 0 Å². The highest BCUT2D eigenvalue weighted by atomic mass is 79.9. The fourth-order valence-corrected chi connectivity index (χ4v) is 4.11. The van der Waals surface area contributed by atoms with Crippen LogP contribution in [0.15, 0.2) is 56.4 Å². The Balaban J connectivity index is 1.94. The Morgan fingerprint density at radius 1 is 1.13 bits per heavy atom. The molecule has 3 rings (SSSR count). The number of amides is 1. The van der Waals surface area contributed by atoms with Crippen molar-refractivity contribution in [1.29, 1.82) is 0 Å². The van der Waals surface area contributed by atoms with Crippen molar-refractivity contribution < 1.29 is 22.7 Å². The number of nitrogens with zero attached hydrogens (tertiary/aromatic N) is 2. The number of nitrogens with two attached hydrogens (primary N) is 1. The standard InChI is InChI=1S/C21H22BrN3O5S/c1-4-29-19-12-14(11-18(22)20(19)30-5-2)10-17-13(3)24-25(21(17)26)15-6-8-16(9-7-15)31(23,27)28/h6-12H,4-5H2,1-3H3,(H2,23,27,28)/b17-10-. The zero-order valence-corrected chi connectivity index (χ0v) is 19.7. The van der Waals surface area contributed by atoms with E-state index in [4.69, 9.17) is 14.6 Å². The molecule has 0 aliphatic carbocycles. The van der Waals surface area contributed by atoms with Gasteiger partial charge in [0.05, 0.1) is 39.6 Å². The summed E-state index contributed by atoms with van der Waals surface area (Å²) in [5.74, 6) is 0.844. The van der Waals surface area contributed by atoms with E-state index in [0.717, 1.165) is 5.56 Å². The van der Waals surface area contributed by atoms with Crippen LogP contribution in [0, 0.1) is 0 Å². The van der Waals surface area contributed by atoms with Crippen LogP contribution in [-0.2, 0) is 14.8 Å². The van der Waals surface area contributed by atoms with E-state index in [1.807, 2.05) is 19.9 Å². The second-order valence-corrected chi connectivity index (χ2v) is 9.01. The number of benzene rings is 2. The lowest BCUT2D eigenvalue weighted by Crippen LogP contribution is -2.21. The molecule has 1 amide bonds. The molecule has 1 aliphatic rings. The Hall–Kier alpha value is -2.69. The monoisotopic (exact) mass is 507 g/mol. The number of hydrogen-bond donors (Lipinski definition) is 1. The number of carbonyl (C=O) groups is 1. The first kappa shape index (κ1) is 23.0. The summed E-state index contributed by atoms with van der Waals surface area (Å²) >= 11 is 3.50. The van der Waals surface area contributed by atoms with Crippen molar-refractivity contribution >= 4 is 49.3 Å². The van der Waals surface area contributed by atoms with E-state index in [-0.39, 0.29) is 10.8 Å². The molecular formula is C21H22BrN3O5S. The molecule has 31 heavy (non-hydrogen) atoms. The van der Waals surface area contributed by atoms with Crippen LogP contribution in [0.2, 0.25) is 0 Å². The van der Waals surface area contributed by atoms with Crippen LogP contribution in [0.4, 0.5) is 5.69 Å². The molecule has 1 aliphatic heterocycles. The highest BCUT2D eigenvalue weighted by molar-refractivity contribution is 9.10. The number of ether oxygens (including phenoxy) is 2. The van der Waals surface area contributed by atoms with Gasteiger partial charge in [-0.15, -0.1) is 0 Å². The first-order chi connectivity index (χ1) is 14.7. The van der Waals surface area contributed by atoms with Gasteiger partial charge in [0.1, 0.15) is 0 Å². The molecule has 0 saturated heterocycles. The minimum atomic E-state index is -3.82. The molecule has 1 heterocycles. The van der Waals surface area contributed by atoms with Gasteiger partial charge in [-0.25, -0.2) is 13.6 Å². The van der Waals surface area contributed by atoms with E-state index in [9.17, 15) is 13.2 Å². The maximum Gasteiger partial charge on any atom is 0.280 e. The summed E-state index contributed by atoms with van der Waals surface area (Å²) in [6.45, 7) is 6.45. The van der Waals surface area contributed by atoms with Crippen LogP contribution >= 0.6 is 15.9 Å². The molecule has 164 valence electrons. The predicted molar refractivity (Wildman–Crippen MR) is 123 cm³/mol. The predicted octanol–water partition coefficient (Wildman–Crippen LogP) is 3.70. The summed E-state index contributed by atoms with van der Waals surface area (Å²) in [6.07, 6.45) is 1.73. The van der Waals surface area contributed by atoms with Crippen LogP contribution in [0.5, 0.6) is 11.5 Å². The van der Waals surface area contributed by atoms with E-state index in [0.29, 0.717) is 46.2 Å². The number of primary sulfonamides is 1. The zero-order valence-electron chi connectivity index (χ0n) is 17.3. The van der Waals surface area contributed by atoms with Crippen LogP contribution in [0.1, 0.15) is 26.3 Å². The summed E-state index contributed by atoms with van der Waals surface area (Å²) in [6, 6.07) is 9.28. The topological polar surface area (TPSA) is 111 Å². The Bertz CT molecular complexity index is 1170. The zero-order chi connectivity index (χ0) is 22.8. The first-order valence-corrected chi connectivity index (χ1v) is 11.8. The lowest BCUT2D eigenvalue weighted by atomic mass is 10.1. The molecule has 2 N–H and O–H groups in total. The third kappa shape index (κ3) is 4.97. The number of hydrazone groups is 1. The number of rotatable bonds is 7. The lowest BCUT2D eigenvalue weighted by Gasteiger charge is -2.14. The molecular weight excluding hydrogens is 486 g/mol. The average molecular weight is 508 g/mol. The van der Waals surface area contributed by atoms with Crippen molar-refractivity contribution in [2.45, 2.75) is 25.7 Å². The van der Waals surface area contributed by atoms with Crippen molar-refractivity contribution in [1.82, 2.24) is 0 Å². The van der Waals surface area contributed by atoms with Gasteiger partial charge in [0, 0.05) is 0 Å². The summed E-state index contributed by atoms with van der Waals surface area (Å²) in [4.78, 5) is 13.0. The molecule has 8 nitrogen and oxygen atoms in total. The van der Waals surface area contributed by atoms with Crippen molar-refractivity contribution in [2.75, 3.05) is 18.2 Å². The van der Waals surface area contributed by atoms with Crippen LogP contribution in [0.3, 0.4) is 0 Å². The molecule has 0 bridgehead atoms. The SMILES string of the molecule is CCOc1cc(/C=C2\C(=O)N(c3ccc(S(N)(=O)=O)cc3)N=C2C)cc(Br)c1OCC. The highest BCUT2D eigenvalue weighted by Gasteiger charge is 2.29. The third-order valence-corrected chi connectivity index (χ3v) is 5.92. The second-order valence-electron chi connectivity index (χ2n) is 6.60. The molecule has 2 aromatic carbocycles. The van der Waals surface area contributed by atoms with Crippen molar-refractivity contribution in [2.24, 2.45) is 10.2 Å². The molecule has 0 atom stereocenters. The van der Waals surface area contributed by atoms with Crippen molar-refractivity contribution in [3.8, 4) is 11.5 Å². The summed E-state index contributed by atoms with van der Waals surface area (Å²) in [5.41, 5.74) is 2.11. The quantitative estimate of drug-likeness (QED) is 0.574. The fraction of sp³-hybridized carbons (Fsp3) is 0.238. The molecule has 0 saturated carbocycles. The maximum atomic E-state index is 13.0. The molecule has 0 aromatic heterocycles. The van der Waals surface area contributed by atoms with E-state index in [1.54, 1.807) is 19.1 Å². The van der Waals surface area contributed by atoms with E-state index in [2.05, 4.69) is 21.0 Å². The Morgan fingerprint density at radius 2 is 1.77 bits per heavy atom. The van der Waals surface area contributed by atoms with Gasteiger partial charge in [-0.3, -0.25) is 4.79 Å². The van der Waals surface area contributed by atoms with Gasteiger partial charge in [-0.2, -0.15) is 10.1 Å². The van der Waals surface area contributed by atoms with E-state index in [1.165, 1.54) is 29.3 Å². The number of halogens is 1. The molecule has 0 radical (unpaired) electrons. The number of anilines is 1. The number of sulfonamides is 1. The molecule has 0 unspecified atom stereocenters. The van der Waals surface area contributed by atoms with Gasteiger partial charge in [-0.05, 0) is 84.7 Å². The number of carbonyl (C=O) groups excluding carboxylic acids is 1. The second kappa shape index (κ2) is 9.21. The van der Waals surface area contributed by atoms with Gasteiger partial charge in [0.2, 0.25) is 10.0 Å². The minimum Gasteiger partial charge on any atom is -0.490 e. The number of hydrogen-bond acceptors (Lipinski definition) is 6. The summed E-state index contributed by atoms with van der Waals surface area (Å²) < 4.78 is 34.9. The Labute approximate surface area is 189 Å². The maximum absolute atomic E-state index is 13.0. The average Bonchev–Trinajstić information content (AvgIpc) is 2.98.